The van der Waals surface area contributed by atoms with Gasteiger partial charge in [-0.25, -0.2) is 0 Å². The first-order valence-corrected chi connectivity index (χ1v) is 7.18. The Bertz CT molecular complexity index is 554. The SMILES string of the molecule is COc1cccc(S[C@H](C)C(=O)NCc2ccco2)c1. The summed E-state index contributed by atoms with van der Waals surface area (Å²) < 4.78 is 10.3. The Morgan fingerprint density at radius 1 is 1.40 bits per heavy atom. The molecule has 1 aromatic carbocycles. The van der Waals surface area contributed by atoms with Crippen molar-refractivity contribution in [1.82, 2.24) is 5.32 Å². The van der Waals surface area contributed by atoms with E-state index in [4.69, 9.17) is 9.15 Å². The van der Waals surface area contributed by atoms with Crippen molar-refractivity contribution in [3.05, 3.63) is 48.4 Å². The maximum atomic E-state index is 12.0. The van der Waals surface area contributed by atoms with Gasteiger partial charge in [-0.3, -0.25) is 4.79 Å². The summed E-state index contributed by atoms with van der Waals surface area (Å²) in [5.41, 5.74) is 0. The summed E-state index contributed by atoms with van der Waals surface area (Å²) >= 11 is 1.50. The van der Waals surface area contributed by atoms with Crippen molar-refractivity contribution in [3.8, 4) is 5.75 Å². The summed E-state index contributed by atoms with van der Waals surface area (Å²) in [6, 6.07) is 11.3. The molecule has 0 aliphatic heterocycles. The number of hydrogen-bond acceptors (Lipinski definition) is 4. The van der Waals surface area contributed by atoms with Crippen molar-refractivity contribution in [2.24, 2.45) is 0 Å². The molecule has 0 radical (unpaired) electrons. The van der Waals surface area contributed by atoms with Gasteiger partial charge in [-0.2, -0.15) is 0 Å². The van der Waals surface area contributed by atoms with E-state index >= 15 is 0 Å². The Morgan fingerprint density at radius 2 is 2.25 bits per heavy atom. The number of carbonyl (C=O) groups excluding carboxylic acids is 1. The van der Waals surface area contributed by atoms with Crippen molar-refractivity contribution < 1.29 is 13.9 Å². The number of carbonyl (C=O) groups is 1. The van der Waals surface area contributed by atoms with Crippen molar-refractivity contribution >= 4 is 17.7 Å². The number of nitrogens with one attached hydrogen (secondary N) is 1. The van der Waals surface area contributed by atoms with Crippen LogP contribution in [0.15, 0.2) is 52.0 Å². The van der Waals surface area contributed by atoms with Gasteiger partial charge in [-0.1, -0.05) is 6.07 Å². The lowest BCUT2D eigenvalue weighted by Crippen LogP contribution is -2.30. The molecule has 0 bridgehead atoms. The minimum Gasteiger partial charge on any atom is -0.497 e. The van der Waals surface area contributed by atoms with E-state index in [0.717, 1.165) is 16.4 Å². The molecule has 0 unspecified atom stereocenters. The Hall–Kier alpha value is -1.88. The fraction of sp³-hybridized carbons (Fsp3) is 0.267. The van der Waals surface area contributed by atoms with E-state index in [9.17, 15) is 4.79 Å². The van der Waals surface area contributed by atoms with Crippen LogP contribution in [0.3, 0.4) is 0 Å². The van der Waals surface area contributed by atoms with Gasteiger partial charge in [0.05, 0.1) is 25.2 Å². The van der Waals surface area contributed by atoms with E-state index in [2.05, 4.69) is 5.32 Å². The van der Waals surface area contributed by atoms with Crippen LogP contribution in [0.4, 0.5) is 0 Å². The Morgan fingerprint density at radius 3 is 2.95 bits per heavy atom. The van der Waals surface area contributed by atoms with E-state index < -0.39 is 0 Å². The van der Waals surface area contributed by atoms with E-state index in [1.54, 1.807) is 19.4 Å². The zero-order chi connectivity index (χ0) is 14.4. The summed E-state index contributed by atoms with van der Waals surface area (Å²) in [6.07, 6.45) is 1.59. The van der Waals surface area contributed by atoms with E-state index in [0.29, 0.717) is 6.54 Å². The number of thioether (sulfide) groups is 1. The summed E-state index contributed by atoms with van der Waals surface area (Å²) in [5.74, 6) is 1.52. The van der Waals surface area contributed by atoms with Gasteiger partial charge in [0.25, 0.3) is 0 Å². The van der Waals surface area contributed by atoms with Crippen LogP contribution in [0, 0.1) is 0 Å². The number of hydrogen-bond donors (Lipinski definition) is 1. The first kappa shape index (κ1) is 14.5. The van der Waals surface area contributed by atoms with Crippen LogP contribution in [0.25, 0.3) is 0 Å². The van der Waals surface area contributed by atoms with Gasteiger partial charge in [-0.05, 0) is 37.3 Å². The molecule has 1 aromatic heterocycles. The number of amides is 1. The normalized spacial score (nSPS) is 11.9. The highest BCUT2D eigenvalue weighted by Gasteiger charge is 2.14. The van der Waals surface area contributed by atoms with Crippen LogP contribution in [0.5, 0.6) is 5.75 Å². The fourth-order valence-corrected chi connectivity index (χ4v) is 2.60. The molecule has 0 aliphatic carbocycles. The zero-order valence-electron chi connectivity index (χ0n) is 11.5. The average Bonchev–Trinajstić information content (AvgIpc) is 2.98. The third-order valence-electron chi connectivity index (χ3n) is 2.74. The molecule has 0 aliphatic rings. The Balaban J connectivity index is 1.86. The van der Waals surface area contributed by atoms with Gasteiger partial charge >= 0.3 is 0 Å². The summed E-state index contributed by atoms with van der Waals surface area (Å²) in [6.45, 7) is 2.29. The topological polar surface area (TPSA) is 51.5 Å². The second-order valence-electron chi connectivity index (χ2n) is 4.24. The second kappa shape index (κ2) is 7.05. The van der Waals surface area contributed by atoms with Crippen LogP contribution in [0.2, 0.25) is 0 Å². The third-order valence-corrected chi connectivity index (χ3v) is 3.83. The smallest absolute Gasteiger partial charge is 0.233 e. The standard InChI is InChI=1S/C15H17NO3S/c1-11(15(17)16-10-13-6-4-8-19-13)20-14-7-3-5-12(9-14)18-2/h3-9,11H,10H2,1-2H3,(H,16,17)/t11-/m1/s1. The molecule has 1 amide bonds. The molecule has 2 aromatic rings. The van der Waals surface area contributed by atoms with E-state index in [1.807, 2.05) is 37.3 Å². The molecule has 2 rings (SSSR count). The Labute approximate surface area is 122 Å². The van der Waals surface area contributed by atoms with Crippen molar-refractivity contribution in [2.45, 2.75) is 23.6 Å². The lowest BCUT2D eigenvalue weighted by Gasteiger charge is -2.11. The first-order valence-electron chi connectivity index (χ1n) is 6.30. The van der Waals surface area contributed by atoms with Crippen LogP contribution in [-0.2, 0) is 11.3 Å². The maximum Gasteiger partial charge on any atom is 0.233 e. The predicted octanol–water partition coefficient (Wildman–Crippen LogP) is 3.09. The molecule has 5 heteroatoms. The van der Waals surface area contributed by atoms with Gasteiger partial charge < -0.3 is 14.5 Å². The Kier molecular flexibility index (Phi) is 5.12. The zero-order valence-corrected chi connectivity index (χ0v) is 12.3. The minimum atomic E-state index is -0.183. The largest absolute Gasteiger partial charge is 0.497 e. The number of furan rings is 1. The molecule has 0 fully saturated rings. The van der Waals surface area contributed by atoms with Crippen LogP contribution < -0.4 is 10.1 Å². The van der Waals surface area contributed by atoms with Crippen LogP contribution >= 0.6 is 11.8 Å². The monoisotopic (exact) mass is 291 g/mol. The number of rotatable bonds is 6. The highest BCUT2D eigenvalue weighted by Crippen LogP contribution is 2.26. The molecule has 20 heavy (non-hydrogen) atoms. The van der Waals surface area contributed by atoms with Crippen molar-refractivity contribution in [3.63, 3.8) is 0 Å². The quantitative estimate of drug-likeness (QED) is 0.831. The molecule has 0 saturated heterocycles. The van der Waals surface area contributed by atoms with E-state index in [1.165, 1.54) is 11.8 Å². The van der Waals surface area contributed by atoms with Gasteiger partial charge in [0, 0.05) is 4.90 Å². The molecule has 4 nitrogen and oxygen atoms in total. The van der Waals surface area contributed by atoms with Crippen molar-refractivity contribution in [2.75, 3.05) is 7.11 Å². The molecule has 1 atom stereocenters. The maximum absolute atomic E-state index is 12.0. The summed E-state index contributed by atoms with van der Waals surface area (Å²) in [5, 5.41) is 2.67. The second-order valence-corrected chi connectivity index (χ2v) is 5.65. The van der Waals surface area contributed by atoms with Gasteiger partial charge in [0.1, 0.15) is 11.5 Å². The fourth-order valence-electron chi connectivity index (χ4n) is 1.66. The highest BCUT2D eigenvalue weighted by molar-refractivity contribution is 8.00. The molecule has 1 heterocycles. The van der Waals surface area contributed by atoms with Crippen LogP contribution in [-0.4, -0.2) is 18.3 Å². The van der Waals surface area contributed by atoms with Crippen LogP contribution in [0.1, 0.15) is 12.7 Å². The molecule has 1 N–H and O–H groups in total. The molecule has 0 saturated carbocycles. The number of methoxy groups -OCH3 is 1. The van der Waals surface area contributed by atoms with Crippen molar-refractivity contribution in [1.29, 1.82) is 0 Å². The highest BCUT2D eigenvalue weighted by atomic mass is 32.2. The molecular weight excluding hydrogens is 274 g/mol. The minimum absolute atomic E-state index is 0.0192. The summed E-state index contributed by atoms with van der Waals surface area (Å²) in [7, 11) is 1.63. The first-order chi connectivity index (χ1) is 9.69. The molecule has 106 valence electrons. The number of benzene rings is 1. The van der Waals surface area contributed by atoms with Gasteiger partial charge in [0.2, 0.25) is 5.91 Å². The average molecular weight is 291 g/mol. The third kappa shape index (κ3) is 4.06. The number of ether oxygens (including phenoxy) is 1. The van der Waals surface area contributed by atoms with Gasteiger partial charge in [0.15, 0.2) is 0 Å². The lowest BCUT2D eigenvalue weighted by molar-refractivity contribution is -0.120. The predicted molar refractivity (Wildman–Crippen MR) is 78.9 cm³/mol. The van der Waals surface area contributed by atoms with Gasteiger partial charge in [-0.15, -0.1) is 11.8 Å². The molecule has 0 spiro atoms. The molecular formula is C15H17NO3S. The van der Waals surface area contributed by atoms with E-state index in [-0.39, 0.29) is 11.2 Å². The summed E-state index contributed by atoms with van der Waals surface area (Å²) in [4.78, 5) is 13.0. The lowest BCUT2D eigenvalue weighted by atomic mass is 10.3.